The molecule has 9 nitrogen and oxygen atoms in total. The molecule has 16 heteroatoms. The first kappa shape index (κ1) is 33.2. The smallest absolute Gasteiger partial charge is 0.289 e. The third-order valence-corrected chi connectivity index (χ3v) is 7.58. The third kappa shape index (κ3) is 7.32. The van der Waals surface area contributed by atoms with Gasteiger partial charge in [0.1, 0.15) is 29.3 Å². The Morgan fingerprint density at radius 3 is 2.41 bits per heavy atom. The van der Waals surface area contributed by atoms with Gasteiger partial charge in [-0.3, -0.25) is 9.59 Å². The van der Waals surface area contributed by atoms with Crippen LogP contribution < -0.4 is 10.6 Å². The van der Waals surface area contributed by atoms with E-state index in [1.165, 1.54) is 17.1 Å². The summed E-state index contributed by atoms with van der Waals surface area (Å²) in [6.45, 7) is 5.12. The molecule has 1 saturated carbocycles. The largest absolute Gasteiger partial charge is 0.352 e. The quantitative estimate of drug-likeness (QED) is 0.234. The molecule has 4 rings (SSSR count). The highest BCUT2D eigenvalue weighted by molar-refractivity contribution is 5.91. The molecule has 1 unspecified atom stereocenters. The fraction of sp³-hybridized carbons (Fsp3) is 0.607. The molecule has 1 aliphatic rings. The topological polar surface area (TPSA) is 118 Å². The SMILES string of the molecule is CC(C)n1ncnc1C(=O)N[C@H](c1nc2c(F)c([C@@H](C(=O)NCC(C)(C)F)C(F)C(F)F)ccc2[nH]1)C1CCC(F)(F)CC1. The van der Waals surface area contributed by atoms with E-state index in [-0.39, 0.29) is 36.0 Å². The Labute approximate surface area is 248 Å². The molecule has 44 heavy (non-hydrogen) atoms. The minimum atomic E-state index is -3.66. The molecule has 1 fully saturated rings. The van der Waals surface area contributed by atoms with Crippen molar-refractivity contribution in [2.24, 2.45) is 5.92 Å². The lowest BCUT2D eigenvalue weighted by atomic mass is 9.81. The maximum absolute atomic E-state index is 15.9. The van der Waals surface area contributed by atoms with Crippen LogP contribution in [0.25, 0.3) is 11.0 Å². The van der Waals surface area contributed by atoms with Gasteiger partial charge in [-0.05, 0) is 52.5 Å². The van der Waals surface area contributed by atoms with Crippen LogP contribution in [0.2, 0.25) is 0 Å². The number of carbonyl (C=O) groups excluding carboxylic acids is 2. The van der Waals surface area contributed by atoms with Crippen molar-refractivity contribution in [2.75, 3.05) is 6.54 Å². The average molecular weight is 634 g/mol. The number of amides is 2. The van der Waals surface area contributed by atoms with Gasteiger partial charge in [-0.25, -0.2) is 45.4 Å². The lowest BCUT2D eigenvalue weighted by Gasteiger charge is -2.33. The first-order chi connectivity index (χ1) is 20.5. The van der Waals surface area contributed by atoms with Crippen LogP contribution in [0.1, 0.15) is 93.4 Å². The third-order valence-electron chi connectivity index (χ3n) is 7.58. The van der Waals surface area contributed by atoms with Crippen molar-refractivity contribution in [3.05, 3.63) is 41.5 Å². The summed E-state index contributed by atoms with van der Waals surface area (Å²) in [5.41, 5.74) is -3.13. The van der Waals surface area contributed by atoms with Crippen LogP contribution in [0.5, 0.6) is 0 Å². The second-order valence-corrected chi connectivity index (χ2v) is 11.9. The number of alkyl halides is 6. The molecule has 2 heterocycles. The molecule has 2 amide bonds. The van der Waals surface area contributed by atoms with Crippen molar-refractivity contribution < 1.29 is 40.3 Å². The number of nitrogens with zero attached hydrogens (tertiary/aromatic N) is 4. The number of carbonyl (C=O) groups is 2. The van der Waals surface area contributed by atoms with E-state index < -0.39 is 90.2 Å². The van der Waals surface area contributed by atoms with E-state index in [4.69, 9.17) is 0 Å². The van der Waals surface area contributed by atoms with Crippen LogP contribution in [0.15, 0.2) is 18.5 Å². The fourth-order valence-corrected chi connectivity index (χ4v) is 5.28. The Morgan fingerprint density at radius 1 is 1.16 bits per heavy atom. The van der Waals surface area contributed by atoms with E-state index in [0.29, 0.717) is 0 Å². The number of aromatic amines is 1. The van der Waals surface area contributed by atoms with Gasteiger partial charge in [0.25, 0.3) is 12.3 Å². The number of halogens is 7. The van der Waals surface area contributed by atoms with Gasteiger partial charge >= 0.3 is 0 Å². The van der Waals surface area contributed by atoms with Gasteiger partial charge < -0.3 is 15.6 Å². The summed E-state index contributed by atoms with van der Waals surface area (Å²) >= 11 is 0. The van der Waals surface area contributed by atoms with Crippen molar-refractivity contribution in [1.82, 2.24) is 35.4 Å². The number of imidazole rings is 1. The van der Waals surface area contributed by atoms with Gasteiger partial charge in [-0.1, -0.05) is 6.07 Å². The zero-order chi connectivity index (χ0) is 32.6. The molecule has 3 aromatic rings. The normalized spacial score (nSPS) is 18.0. The molecule has 2 aromatic heterocycles. The zero-order valence-electron chi connectivity index (χ0n) is 24.5. The molecule has 1 aliphatic carbocycles. The highest BCUT2D eigenvalue weighted by Gasteiger charge is 2.41. The van der Waals surface area contributed by atoms with Gasteiger partial charge in [0.05, 0.1) is 18.1 Å². The molecule has 0 spiro atoms. The molecular formula is C28H34F7N7O2. The molecule has 3 N–H and O–H groups in total. The highest BCUT2D eigenvalue weighted by Crippen LogP contribution is 2.42. The van der Waals surface area contributed by atoms with Crippen LogP contribution in [-0.2, 0) is 4.79 Å². The number of rotatable bonds is 11. The van der Waals surface area contributed by atoms with Gasteiger partial charge in [-0.2, -0.15) is 5.10 Å². The predicted molar refractivity (Wildman–Crippen MR) is 145 cm³/mol. The Bertz CT molecular complexity index is 1470. The standard InChI is InChI=1S/C28H34F7N7O2/c1-13(2)42-24(37-12-38-42)26(44)41-20(14-7-9-28(34,35)10-8-14)23-39-16-6-5-15(18(29)21(16)40-23)17(19(30)22(31)32)25(43)36-11-27(3,4)33/h5-6,12-14,17,19-20,22H,7-11H2,1-4H3,(H,36,43)(H,39,40)(H,41,44)/t17-,19?,20+/m1/s1. The molecule has 0 aliphatic heterocycles. The lowest BCUT2D eigenvalue weighted by molar-refractivity contribution is -0.126. The first-order valence-corrected chi connectivity index (χ1v) is 14.1. The number of hydrogen-bond donors (Lipinski definition) is 3. The molecule has 1 aromatic carbocycles. The highest BCUT2D eigenvalue weighted by atomic mass is 19.3. The van der Waals surface area contributed by atoms with Gasteiger partial charge in [0.15, 0.2) is 12.0 Å². The van der Waals surface area contributed by atoms with Crippen molar-refractivity contribution in [3.8, 4) is 0 Å². The molecule has 3 atom stereocenters. The van der Waals surface area contributed by atoms with Crippen molar-refractivity contribution in [1.29, 1.82) is 0 Å². The molecule has 0 saturated heterocycles. The van der Waals surface area contributed by atoms with Crippen LogP contribution in [0.4, 0.5) is 30.7 Å². The Kier molecular flexibility index (Phi) is 9.59. The van der Waals surface area contributed by atoms with Crippen molar-refractivity contribution >= 4 is 22.8 Å². The maximum Gasteiger partial charge on any atom is 0.289 e. The Morgan fingerprint density at radius 2 is 1.82 bits per heavy atom. The minimum absolute atomic E-state index is 0.00925. The maximum atomic E-state index is 15.9. The summed E-state index contributed by atoms with van der Waals surface area (Å²) in [4.78, 5) is 37.1. The van der Waals surface area contributed by atoms with Crippen LogP contribution in [-0.4, -0.2) is 67.3 Å². The van der Waals surface area contributed by atoms with Crippen molar-refractivity contribution in [3.63, 3.8) is 0 Å². The minimum Gasteiger partial charge on any atom is -0.352 e. The number of benzene rings is 1. The number of fused-ring (bicyclic) bond motifs is 1. The van der Waals surface area contributed by atoms with E-state index in [1.54, 1.807) is 13.8 Å². The van der Waals surface area contributed by atoms with Crippen LogP contribution in [0, 0.1) is 11.7 Å². The number of aromatic nitrogens is 5. The average Bonchev–Trinajstić information content (AvgIpc) is 3.60. The summed E-state index contributed by atoms with van der Waals surface area (Å²) in [6, 6.07) is 0.870. The van der Waals surface area contributed by atoms with E-state index in [9.17, 15) is 35.9 Å². The van der Waals surface area contributed by atoms with Crippen LogP contribution >= 0.6 is 0 Å². The van der Waals surface area contributed by atoms with E-state index in [0.717, 1.165) is 19.9 Å². The number of H-pyrrole nitrogens is 1. The summed E-state index contributed by atoms with van der Waals surface area (Å²) < 4.78 is 101. The van der Waals surface area contributed by atoms with E-state index >= 15 is 4.39 Å². The van der Waals surface area contributed by atoms with E-state index in [1.807, 2.05) is 5.32 Å². The molecule has 0 bridgehead atoms. The zero-order valence-corrected chi connectivity index (χ0v) is 24.5. The Hall–Kier alpha value is -3.72. The molecule has 0 radical (unpaired) electrons. The summed E-state index contributed by atoms with van der Waals surface area (Å²) in [6.07, 6.45) is -6.54. The predicted octanol–water partition coefficient (Wildman–Crippen LogP) is 5.72. The summed E-state index contributed by atoms with van der Waals surface area (Å²) in [5, 5.41) is 8.82. The van der Waals surface area contributed by atoms with Crippen LogP contribution in [0.3, 0.4) is 0 Å². The number of nitrogens with one attached hydrogen (secondary N) is 3. The monoisotopic (exact) mass is 633 g/mol. The van der Waals surface area contributed by atoms with Crippen molar-refractivity contribution in [2.45, 2.75) is 95.6 Å². The second kappa shape index (κ2) is 12.7. The first-order valence-electron chi connectivity index (χ1n) is 14.1. The molecular weight excluding hydrogens is 599 g/mol. The fourth-order valence-electron chi connectivity index (χ4n) is 5.28. The van der Waals surface area contributed by atoms with Gasteiger partial charge in [-0.15, -0.1) is 0 Å². The number of hydrogen-bond acceptors (Lipinski definition) is 5. The second-order valence-electron chi connectivity index (χ2n) is 11.9. The van der Waals surface area contributed by atoms with Gasteiger partial charge in [0, 0.05) is 24.4 Å². The Balaban J connectivity index is 1.73. The summed E-state index contributed by atoms with van der Waals surface area (Å²) in [7, 11) is 0. The summed E-state index contributed by atoms with van der Waals surface area (Å²) in [5.74, 6) is -9.19. The van der Waals surface area contributed by atoms with Gasteiger partial charge in [0.2, 0.25) is 17.7 Å². The van der Waals surface area contributed by atoms with E-state index in [2.05, 4.69) is 25.4 Å². The molecule has 242 valence electrons. The lowest BCUT2D eigenvalue weighted by Crippen LogP contribution is -2.42.